The molecule has 0 amide bonds. The summed E-state index contributed by atoms with van der Waals surface area (Å²) in [4.78, 5) is 8.54. The molecular formula is C13H17N3O. The fraction of sp³-hybridized carbons (Fsp3) is 0.385. The van der Waals surface area contributed by atoms with E-state index in [0.717, 1.165) is 16.6 Å². The van der Waals surface area contributed by atoms with Gasteiger partial charge in [0.25, 0.3) is 0 Å². The third-order valence-electron chi connectivity index (χ3n) is 2.77. The number of aromatic nitrogens is 2. The standard InChI is InChI=1S/C13H17N3O/c1-13(2,3)16(17)9-10-5-4-6-11-12(10)15-8-7-14-11/h4-8,16H,9H2,1-3H3. The molecule has 1 heterocycles. The monoisotopic (exact) mass is 231 g/mol. The van der Waals surface area contributed by atoms with Gasteiger partial charge in [0.1, 0.15) is 6.54 Å². The number of hydrogen-bond acceptors (Lipinski definition) is 3. The summed E-state index contributed by atoms with van der Waals surface area (Å²) in [5.74, 6) is 0. The summed E-state index contributed by atoms with van der Waals surface area (Å²) < 4.78 is 0. The molecule has 0 fully saturated rings. The molecule has 0 saturated carbocycles. The van der Waals surface area contributed by atoms with Gasteiger partial charge in [0.2, 0.25) is 0 Å². The maximum absolute atomic E-state index is 12.0. The molecule has 2 rings (SSSR count). The Labute approximate surface area is 101 Å². The Morgan fingerprint density at radius 2 is 1.88 bits per heavy atom. The summed E-state index contributed by atoms with van der Waals surface area (Å²) in [5.41, 5.74) is 2.31. The van der Waals surface area contributed by atoms with E-state index in [1.165, 1.54) is 0 Å². The van der Waals surface area contributed by atoms with Crippen LogP contribution in [0.3, 0.4) is 0 Å². The lowest BCUT2D eigenvalue weighted by Crippen LogP contribution is -3.13. The van der Waals surface area contributed by atoms with E-state index in [-0.39, 0.29) is 10.6 Å². The lowest BCUT2D eigenvalue weighted by molar-refractivity contribution is -0.911. The third-order valence-corrected chi connectivity index (χ3v) is 2.77. The normalized spacial score (nSPS) is 13.9. The zero-order chi connectivity index (χ0) is 12.5. The molecule has 0 saturated heterocycles. The first kappa shape index (κ1) is 12.0. The van der Waals surface area contributed by atoms with Crippen LogP contribution in [0, 0.1) is 5.21 Å². The van der Waals surface area contributed by atoms with Crippen molar-refractivity contribution in [2.24, 2.45) is 0 Å². The number of benzene rings is 1. The van der Waals surface area contributed by atoms with Crippen LogP contribution in [0.25, 0.3) is 11.0 Å². The number of rotatable bonds is 2. The van der Waals surface area contributed by atoms with Gasteiger partial charge in [-0.3, -0.25) is 9.97 Å². The van der Waals surface area contributed by atoms with Crippen LogP contribution < -0.4 is 5.06 Å². The fourth-order valence-corrected chi connectivity index (χ4v) is 1.63. The smallest absolute Gasteiger partial charge is 0.105 e. The van der Waals surface area contributed by atoms with Crippen LogP contribution in [0.15, 0.2) is 30.6 Å². The van der Waals surface area contributed by atoms with Crippen molar-refractivity contribution >= 4 is 11.0 Å². The molecule has 0 spiro atoms. The minimum Gasteiger partial charge on any atom is -0.634 e. The second kappa shape index (κ2) is 4.39. The molecule has 90 valence electrons. The summed E-state index contributed by atoms with van der Waals surface area (Å²) >= 11 is 0. The number of nitrogens with zero attached hydrogens (tertiary/aromatic N) is 2. The van der Waals surface area contributed by atoms with Crippen LogP contribution in [0.1, 0.15) is 26.3 Å². The number of hydrogen-bond donors (Lipinski definition) is 1. The van der Waals surface area contributed by atoms with Crippen molar-refractivity contribution in [3.63, 3.8) is 0 Å². The van der Waals surface area contributed by atoms with E-state index in [0.29, 0.717) is 6.54 Å². The van der Waals surface area contributed by atoms with E-state index in [1.54, 1.807) is 12.4 Å². The number of quaternary nitrogens is 1. The predicted octanol–water partition coefficient (Wildman–Crippen LogP) is 1.31. The zero-order valence-electron chi connectivity index (χ0n) is 10.4. The average molecular weight is 231 g/mol. The van der Waals surface area contributed by atoms with E-state index in [4.69, 9.17) is 0 Å². The topological polar surface area (TPSA) is 53.3 Å². The van der Waals surface area contributed by atoms with Gasteiger partial charge in [0, 0.05) is 18.0 Å². The van der Waals surface area contributed by atoms with Gasteiger partial charge in [0.05, 0.1) is 16.6 Å². The number of hydroxylamine groups is 2. The molecule has 1 N–H and O–H groups in total. The third kappa shape index (κ3) is 2.60. The Hall–Kier alpha value is -1.52. The van der Waals surface area contributed by atoms with Gasteiger partial charge in [-0.25, -0.2) is 0 Å². The van der Waals surface area contributed by atoms with E-state index >= 15 is 0 Å². The average Bonchev–Trinajstić information content (AvgIpc) is 2.28. The first-order valence-corrected chi connectivity index (χ1v) is 5.70. The van der Waals surface area contributed by atoms with Crippen LogP contribution in [-0.2, 0) is 6.54 Å². The summed E-state index contributed by atoms with van der Waals surface area (Å²) in [6, 6.07) is 5.77. The molecule has 1 atom stereocenters. The Bertz CT molecular complexity index is 514. The maximum Gasteiger partial charge on any atom is 0.105 e. The highest BCUT2D eigenvalue weighted by atomic mass is 16.5. The van der Waals surface area contributed by atoms with Crippen molar-refractivity contribution in [2.75, 3.05) is 0 Å². The lowest BCUT2D eigenvalue weighted by Gasteiger charge is -2.35. The number of para-hydroxylation sites is 1. The highest BCUT2D eigenvalue weighted by Gasteiger charge is 2.19. The van der Waals surface area contributed by atoms with Gasteiger partial charge in [-0.15, -0.1) is 0 Å². The molecule has 1 unspecified atom stereocenters. The van der Waals surface area contributed by atoms with E-state index in [2.05, 4.69) is 9.97 Å². The van der Waals surface area contributed by atoms with Crippen molar-refractivity contribution in [1.82, 2.24) is 9.97 Å². The van der Waals surface area contributed by atoms with Gasteiger partial charge < -0.3 is 10.3 Å². The molecule has 0 aliphatic carbocycles. The van der Waals surface area contributed by atoms with Crippen LogP contribution in [0.4, 0.5) is 0 Å². The summed E-state index contributed by atoms with van der Waals surface area (Å²) in [6.45, 7) is 6.23. The van der Waals surface area contributed by atoms with Crippen LogP contribution in [-0.4, -0.2) is 15.5 Å². The molecule has 2 aromatic rings. The molecule has 0 aliphatic heterocycles. The molecule has 1 aromatic heterocycles. The van der Waals surface area contributed by atoms with Crippen molar-refractivity contribution in [1.29, 1.82) is 0 Å². The second-order valence-corrected chi connectivity index (χ2v) is 5.19. The van der Waals surface area contributed by atoms with E-state index in [1.807, 2.05) is 39.0 Å². The molecular weight excluding hydrogens is 214 g/mol. The highest BCUT2D eigenvalue weighted by molar-refractivity contribution is 5.77. The first-order valence-electron chi connectivity index (χ1n) is 5.70. The van der Waals surface area contributed by atoms with E-state index < -0.39 is 0 Å². The van der Waals surface area contributed by atoms with Crippen molar-refractivity contribution in [3.05, 3.63) is 41.4 Å². The minimum atomic E-state index is -0.315. The van der Waals surface area contributed by atoms with Gasteiger partial charge in [-0.2, -0.15) is 0 Å². The minimum absolute atomic E-state index is 0.218. The number of fused-ring (bicyclic) bond motifs is 1. The van der Waals surface area contributed by atoms with Gasteiger partial charge in [-0.05, 0) is 26.8 Å². The molecule has 0 bridgehead atoms. The van der Waals surface area contributed by atoms with Gasteiger partial charge in [0.15, 0.2) is 0 Å². The molecule has 17 heavy (non-hydrogen) atoms. The molecule has 0 aliphatic rings. The van der Waals surface area contributed by atoms with Crippen molar-refractivity contribution in [3.8, 4) is 0 Å². The van der Waals surface area contributed by atoms with Crippen LogP contribution in [0.2, 0.25) is 0 Å². The number of nitrogens with one attached hydrogen (secondary N) is 1. The quantitative estimate of drug-likeness (QED) is 0.793. The largest absolute Gasteiger partial charge is 0.634 e. The zero-order valence-corrected chi connectivity index (χ0v) is 10.4. The molecule has 0 radical (unpaired) electrons. The van der Waals surface area contributed by atoms with Gasteiger partial charge in [-0.1, -0.05) is 12.1 Å². The fourth-order valence-electron chi connectivity index (χ4n) is 1.63. The van der Waals surface area contributed by atoms with Crippen molar-refractivity contribution in [2.45, 2.75) is 32.9 Å². The van der Waals surface area contributed by atoms with Crippen LogP contribution >= 0.6 is 0 Å². The maximum atomic E-state index is 12.0. The Kier molecular flexibility index (Phi) is 3.09. The van der Waals surface area contributed by atoms with Gasteiger partial charge >= 0.3 is 0 Å². The summed E-state index contributed by atoms with van der Waals surface area (Å²) in [6.07, 6.45) is 3.32. The first-order chi connectivity index (χ1) is 7.98. The summed E-state index contributed by atoms with van der Waals surface area (Å²) in [7, 11) is 0. The molecule has 4 heteroatoms. The predicted molar refractivity (Wildman–Crippen MR) is 67.3 cm³/mol. The summed E-state index contributed by atoms with van der Waals surface area (Å²) in [5, 5.41) is 12.2. The molecule has 4 nitrogen and oxygen atoms in total. The Morgan fingerprint density at radius 1 is 1.18 bits per heavy atom. The van der Waals surface area contributed by atoms with E-state index in [9.17, 15) is 5.21 Å². The SMILES string of the molecule is CC(C)(C)[NH+]([O-])Cc1cccc2nccnc12. The highest BCUT2D eigenvalue weighted by Crippen LogP contribution is 2.13. The second-order valence-electron chi connectivity index (χ2n) is 5.19. The van der Waals surface area contributed by atoms with Crippen molar-refractivity contribution < 1.29 is 5.06 Å². The van der Waals surface area contributed by atoms with Crippen LogP contribution in [0.5, 0.6) is 0 Å². The molecule has 1 aromatic carbocycles. The Morgan fingerprint density at radius 3 is 2.59 bits per heavy atom. The Balaban J connectivity index is 2.36. The lowest BCUT2D eigenvalue weighted by atomic mass is 10.1.